The molecule has 4 rings (SSSR count). The minimum Gasteiger partial charge on any atom is -0.476 e. The largest absolute Gasteiger partial charge is 0.476 e. The van der Waals surface area contributed by atoms with Crippen molar-refractivity contribution in [1.82, 2.24) is 9.78 Å². The van der Waals surface area contributed by atoms with E-state index in [0.717, 1.165) is 4.88 Å². The van der Waals surface area contributed by atoms with Crippen molar-refractivity contribution in [3.63, 3.8) is 0 Å². The van der Waals surface area contributed by atoms with E-state index in [9.17, 15) is 9.90 Å². The normalized spacial score (nSPS) is 12.9. The van der Waals surface area contributed by atoms with E-state index in [-0.39, 0.29) is 5.69 Å². The average molecular weight is 447 g/mol. The van der Waals surface area contributed by atoms with E-state index >= 15 is 0 Å². The number of thiophene rings is 1. The minimum absolute atomic E-state index is 0.0487. The van der Waals surface area contributed by atoms with Gasteiger partial charge in [0.1, 0.15) is 0 Å². The number of carbonyl (C=O) groups is 1. The summed E-state index contributed by atoms with van der Waals surface area (Å²) in [6.07, 6.45) is 13.1. The molecule has 7 heteroatoms. The first-order valence-corrected chi connectivity index (χ1v) is 10.9. The van der Waals surface area contributed by atoms with Gasteiger partial charge in [-0.3, -0.25) is 0 Å². The third kappa shape index (κ3) is 4.67. The van der Waals surface area contributed by atoms with E-state index in [4.69, 9.17) is 29.6 Å². The Morgan fingerprint density at radius 3 is 2.41 bits per heavy atom. The maximum absolute atomic E-state index is 11.5. The predicted octanol–water partition coefficient (Wildman–Crippen LogP) is 6.85. The first-order chi connectivity index (χ1) is 13.9. The van der Waals surface area contributed by atoms with Crippen LogP contribution in [-0.2, 0) is 0 Å². The van der Waals surface area contributed by atoms with Gasteiger partial charge in [-0.1, -0.05) is 61.2 Å². The molecule has 1 aliphatic rings. The fraction of sp³-hybridized carbons (Fsp3) is 0.273. The fourth-order valence-electron chi connectivity index (χ4n) is 3.28. The molecule has 0 aliphatic heterocycles. The average Bonchev–Trinajstić information content (AvgIpc) is 3.43. The highest BCUT2D eigenvalue weighted by atomic mass is 35.5. The van der Waals surface area contributed by atoms with Crippen LogP contribution in [0.5, 0.6) is 0 Å². The zero-order valence-corrected chi connectivity index (χ0v) is 18.2. The number of benzene rings is 1. The summed E-state index contributed by atoms with van der Waals surface area (Å²) < 4.78 is 1.50. The summed E-state index contributed by atoms with van der Waals surface area (Å²) >= 11 is 13.6. The van der Waals surface area contributed by atoms with Crippen molar-refractivity contribution in [2.75, 3.05) is 0 Å². The fourth-order valence-corrected chi connectivity index (χ4v) is 4.72. The van der Waals surface area contributed by atoms with Crippen LogP contribution in [0.15, 0.2) is 29.6 Å². The smallest absolute Gasteiger partial charge is 0.356 e. The highest BCUT2D eigenvalue weighted by Crippen LogP contribution is 2.36. The van der Waals surface area contributed by atoms with E-state index in [1.165, 1.54) is 48.1 Å². The monoisotopic (exact) mass is 446 g/mol. The molecule has 0 amide bonds. The van der Waals surface area contributed by atoms with Gasteiger partial charge in [0.15, 0.2) is 5.69 Å². The second kappa shape index (κ2) is 9.49. The van der Waals surface area contributed by atoms with Gasteiger partial charge in [-0.15, -0.1) is 17.8 Å². The lowest BCUT2D eigenvalue weighted by molar-refractivity contribution is 0.0689. The molecule has 1 saturated carbocycles. The predicted molar refractivity (Wildman–Crippen MR) is 120 cm³/mol. The van der Waals surface area contributed by atoms with Gasteiger partial charge >= 0.3 is 5.97 Å². The van der Waals surface area contributed by atoms with Crippen LogP contribution in [0.3, 0.4) is 0 Å². The van der Waals surface area contributed by atoms with Crippen molar-refractivity contribution in [3.8, 4) is 28.6 Å². The van der Waals surface area contributed by atoms with Crippen LogP contribution < -0.4 is 0 Å². The van der Waals surface area contributed by atoms with E-state index in [1.807, 2.05) is 5.38 Å². The van der Waals surface area contributed by atoms with Gasteiger partial charge in [0.25, 0.3) is 0 Å². The molecule has 0 bridgehead atoms. The molecule has 2 aromatic heterocycles. The Balaban J connectivity index is 0.000000419. The molecule has 1 fully saturated rings. The number of rotatable bonds is 3. The standard InChI is InChI=1S/C17H10Cl2N2O2S.C5H10/c1-3-10-6-7-24-16(10)15-9(2)14(17(22)23)20-21(15)13-5-4-11(18)8-12(13)19;1-2-4-5-3-1/h1,4-8H,2H3,(H,22,23);1-5H2. The zero-order valence-electron chi connectivity index (χ0n) is 15.9. The van der Waals surface area contributed by atoms with Gasteiger partial charge in [0.05, 0.1) is 21.3 Å². The molecule has 0 unspecified atom stereocenters. The van der Waals surface area contributed by atoms with Gasteiger partial charge in [0.2, 0.25) is 0 Å². The summed E-state index contributed by atoms with van der Waals surface area (Å²) in [5.74, 6) is 1.50. The Hall–Kier alpha value is -2.26. The third-order valence-corrected chi connectivity index (χ3v) is 6.21. The summed E-state index contributed by atoms with van der Waals surface area (Å²) in [7, 11) is 0. The maximum Gasteiger partial charge on any atom is 0.356 e. The summed E-state index contributed by atoms with van der Waals surface area (Å²) in [5, 5.41) is 16.3. The van der Waals surface area contributed by atoms with Crippen LogP contribution >= 0.6 is 34.5 Å². The lowest BCUT2D eigenvalue weighted by Gasteiger charge is -2.10. The number of aromatic nitrogens is 2. The van der Waals surface area contributed by atoms with Gasteiger partial charge < -0.3 is 5.11 Å². The Labute approximate surface area is 184 Å². The van der Waals surface area contributed by atoms with Crippen molar-refractivity contribution < 1.29 is 9.90 Å². The summed E-state index contributed by atoms with van der Waals surface area (Å²) in [5.41, 5.74) is 2.29. The Bertz CT molecular complexity index is 1070. The molecule has 1 N–H and O–H groups in total. The zero-order chi connectivity index (χ0) is 21.0. The van der Waals surface area contributed by atoms with Crippen LogP contribution in [-0.4, -0.2) is 20.9 Å². The molecule has 4 nitrogen and oxygen atoms in total. The lowest BCUT2D eigenvalue weighted by atomic mass is 10.1. The third-order valence-electron chi connectivity index (χ3n) is 4.75. The van der Waals surface area contributed by atoms with Crippen LogP contribution in [0.4, 0.5) is 0 Å². The highest BCUT2D eigenvalue weighted by molar-refractivity contribution is 7.13. The summed E-state index contributed by atoms with van der Waals surface area (Å²) in [6, 6.07) is 6.74. The lowest BCUT2D eigenvalue weighted by Crippen LogP contribution is -2.03. The van der Waals surface area contributed by atoms with Crippen molar-refractivity contribution >= 4 is 40.5 Å². The van der Waals surface area contributed by atoms with Crippen molar-refractivity contribution in [3.05, 3.63) is 56.5 Å². The highest BCUT2D eigenvalue weighted by Gasteiger charge is 2.24. The molecule has 1 aromatic carbocycles. The van der Waals surface area contributed by atoms with E-state index < -0.39 is 5.97 Å². The van der Waals surface area contributed by atoms with Gasteiger partial charge in [-0.2, -0.15) is 5.10 Å². The molecule has 3 aromatic rings. The van der Waals surface area contributed by atoms with Crippen LogP contribution in [0, 0.1) is 19.3 Å². The van der Waals surface area contributed by atoms with Gasteiger partial charge in [-0.05, 0) is 36.6 Å². The van der Waals surface area contributed by atoms with Crippen molar-refractivity contribution in [2.24, 2.45) is 0 Å². The van der Waals surface area contributed by atoms with Gasteiger partial charge in [-0.25, -0.2) is 9.48 Å². The number of carboxylic acid groups (broad SMARTS) is 1. The molecule has 0 spiro atoms. The number of hydrogen-bond donors (Lipinski definition) is 1. The van der Waals surface area contributed by atoms with Crippen LogP contribution in [0.25, 0.3) is 16.3 Å². The first kappa shape index (κ1) is 21.4. The first-order valence-electron chi connectivity index (χ1n) is 9.27. The van der Waals surface area contributed by atoms with Crippen LogP contribution in [0.2, 0.25) is 10.0 Å². The molecule has 1 aliphatic carbocycles. The second-order valence-electron chi connectivity index (χ2n) is 6.71. The molecule has 0 saturated heterocycles. The molecule has 29 heavy (non-hydrogen) atoms. The van der Waals surface area contributed by atoms with Crippen LogP contribution in [0.1, 0.15) is 53.7 Å². The molecular formula is C22H20Cl2N2O2S. The number of terminal acetylenes is 1. The van der Waals surface area contributed by atoms with Gasteiger partial charge in [0, 0.05) is 16.1 Å². The number of halogens is 2. The quantitative estimate of drug-likeness (QED) is 0.447. The second-order valence-corrected chi connectivity index (χ2v) is 8.47. The molecule has 2 heterocycles. The number of carboxylic acids is 1. The summed E-state index contributed by atoms with van der Waals surface area (Å²) in [4.78, 5) is 12.3. The number of hydrogen-bond acceptors (Lipinski definition) is 3. The SMILES string of the molecule is C#Cc1ccsc1-c1c(C)c(C(=O)O)nn1-c1ccc(Cl)cc1Cl.C1CCCC1. The molecule has 0 atom stereocenters. The van der Waals surface area contributed by atoms with Crippen molar-refractivity contribution in [1.29, 1.82) is 0 Å². The maximum atomic E-state index is 11.5. The number of nitrogens with zero attached hydrogens (tertiary/aromatic N) is 2. The topological polar surface area (TPSA) is 55.1 Å². The van der Waals surface area contributed by atoms with Crippen molar-refractivity contribution in [2.45, 2.75) is 39.0 Å². The molecular weight excluding hydrogens is 427 g/mol. The minimum atomic E-state index is -1.11. The van der Waals surface area contributed by atoms with E-state index in [0.29, 0.717) is 32.6 Å². The van der Waals surface area contributed by atoms with E-state index in [2.05, 4.69) is 11.0 Å². The Morgan fingerprint density at radius 2 is 1.86 bits per heavy atom. The Morgan fingerprint density at radius 1 is 1.21 bits per heavy atom. The molecule has 150 valence electrons. The number of aromatic carboxylic acids is 1. The summed E-state index contributed by atoms with van der Waals surface area (Å²) in [6.45, 7) is 1.70. The Kier molecular flexibility index (Phi) is 7.02. The molecule has 0 radical (unpaired) electrons. The van der Waals surface area contributed by atoms with E-state index in [1.54, 1.807) is 31.2 Å².